The van der Waals surface area contributed by atoms with Gasteiger partial charge in [-0.05, 0) is 17.7 Å². The fraction of sp³-hybridized carbons (Fsp3) is 0.375. The van der Waals surface area contributed by atoms with E-state index in [0.29, 0.717) is 18.2 Å². The minimum Gasteiger partial charge on any atom is -0.480 e. The predicted octanol–water partition coefficient (Wildman–Crippen LogP) is 1.51. The Bertz CT molecular complexity index is 613. The van der Waals surface area contributed by atoms with Gasteiger partial charge in [0.05, 0.1) is 19.5 Å². The maximum atomic E-state index is 5.08. The van der Waals surface area contributed by atoms with Crippen molar-refractivity contribution in [1.82, 2.24) is 15.3 Å². The number of ether oxygens (including phenoxy) is 1. The topological polar surface area (TPSA) is 62.3 Å². The summed E-state index contributed by atoms with van der Waals surface area (Å²) in [5.74, 6) is 1.23. The third-order valence-electron chi connectivity index (χ3n) is 3.69. The second-order valence-electron chi connectivity index (χ2n) is 5.21. The number of rotatable bonds is 5. The molecule has 0 radical (unpaired) electrons. The van der Waals surface area contributed by atoms with Crippen LogP contribution in [0.2, 0.25) is 0 Å². The Morgan fingerprint density at radius 1 is 1.27 bits per heavy atom. The van der Waals surface area contributed by atoms with Gasteiger partial charge in [0.2, 0.25) is 5.88 Å². The molecule has 0 aliphatic carbocycles. The zero-order valence-electron chi connectivity index (χ0n) is 12.7. The van der Waals surface area contributed by atoms with Gasteiger partial charge in [-0.1, -0.05) is 12.1 Å². The van der Waals surface area contributed by atoms with Gasteiger partial charge >= 0.3 is 0 Å². The normalized spacial score (nSPS) is 14.7. The number of nitrogens with zero attached hydrogens (tertiary/aromatic N) is 3. The third kappa shape index (κ3) is 3.65. The summed E-state index contributed by atoms with van der Waals surface area (Å²) in [5, 5.41) is 6.66. The van der Waals surface area contributed by atoms with E-state index in [-0.39, 0.29) is 0 Å². The molecule has 2 N–H and O–H groups in total. The van der Waals surface area contributed by atoms with Gasteiger partial charge in [0.25, 0.3) is 0 Å². The standard InChI is InChI=1S/C16H21N5O/c1-22-16-12-18-11-15(20-16)19-10-13-3-2-4-14(9-13)21-7-5-17-6-8-21/h2-4,9,11-12,17H,5-8,10H2,1H3,(H,19,20). The number of nitrogens with one attached hydrogen (secondary N) is 2. The number of hydrogen-bond acceptors (Lipinski definition) is 6. The molecule has 22 heavy (non-hydrogen) atoms. The van der Waals surface area contributed by atoms with E-state index >= 15 is 0 Å². The molecule has 1 aromatic heterocycles. The third-order valence-corrected chi connectivity index (χ3v) is 3.69. The van der Waals surface area contributed by atoms with Crippen LogP contribution in [0, 0.1) is 0 Å². The molecule has 1 aromatic carbocycles. The molecule has 0 spiro atoms. The summed E-state index contributed by atoms with van der Waals surface area (Å²) in [6, 6.07) is 8.62. The highest BCUT2D eigenvalue weighted by Gasteiger charge is 2.10. The Morgan fingerprint density at radius 3 is 2.95 bits per heavy atom. The zero-order chi connectivity index (χ0) is 15.2. The quantitative estimate of drug-likeness (QED) is 0.872. The molecule has 2 heterocycles. The lowest BCUT2D eigenvalue weighted by atomic mass is 10.1. The van der Waals surface area contributed by atoms with E-state index in [9.17, 15) is 0 Å². The van der Waals surface area contributed by atoms with Gasteiger partial charge in [0.15, 0.2) is 0 Å². The number of hydrogen-bond donors (Lipinski definition) is 2. The highest BCUT2D eigenvalue weighted by Crippen LogP contribution is 2.18. The maximum absolute atomic E-state index is 5.08. The van der Waals surface area contributed by atoms with Crippen molar-refractivity contribution in [2.45, 2.75) is 6.54 Å². The summed E-state index contributed by atoms with van der Waals surface area (Å²) < 4.78 is 5.08. The first kappa shape index (κ1) is 14.6. The second-order valence-corrected chi connectivity index (χ2v) is 5.21. The first-order valence-corrected chi connectivity index (χ1v) is 7.49. The van der Waals surface area contributed by atoms with Gasteiger partial charge in [0, 0.05) is 38.4 Å². The van der Waals surface area contributed by atoms with Crippen LogP contribution in [-0.2, 0) is 6.54 Å². The lowest BCUT2D eigenvalue weighted by Gasteiger charge is -2.29. The molecule has 6 heteroatoms. The lowest BCUT2D eigenvalue weighted by molar-refractivity contribution is 0.396. The van der Waals surface area contributed by atoms with Crippen molar-refractivity contribution in [2.75, 3.05) is 43.5 Å². The molecule has 1 saturated heterocycles. The van der Waals surface area contributed by atoms with E-state index in [4.69, 9.17) is 4.74 Å². The van der Waals surface area contributed by atoms with Gasteiger partial charge in [0.1, 0.15) is 5.82 Å². The molecule has 1 aliphatic heterocycles. The minimum absolute atomic E-state index is 0.513. The Balaban J connectivity index is 1.64. The highest BCUT2D eigenvalue weighted by atomic mass is 16.5. The number of benzene rings is 1. The van der Waals surface area contributed by atoms with E-state index < -0.39 is 0 Å². The van der Waals surface area contributed by atoms with Crippen LogP contribution in [0.3, 0.4) is 0 Å². The van der Waals surface area contributed by atoms with Crippen LogP contribution >= 0.6 is 0 Å². The van der Waals surface area contributed by atoms with Crippen LogP contribution in [0.4, 0.5) is 11.5 Å². The van der Waals surface area contributed by atoms with Crippen molar-refractivity contribution in [2.24, 2.45) is 0 Å². The SMILES string of the molecule is COc1cncc(NCc2cccc(N3CCNCC3)c2)n1. The Labute approximate surface area is 130 Å². The minimum atomic E-state index is 0.513. The fourth-order valence-electron chi connectivity index (χ4n) is 2.51. The van der Waals surface area contributed by atoms with Crippen molar-refractivity contribution >= 4 is 11.5 Å². The van der Waals surface area contributed by atoms with Crippen LogP contribution in [0.25, 0.3) is 0 Å². The first-order chi connectivity index (χ1) is 10.8. The van der Waals surface area contributed by atoms with Crippen LogP contribution in [0.15, 0.2) is 36.7 Å². The number of aromatic nitrogens is 2. The first-order valence-electron chi connectivity index (χ1n) is 7.49. The van der Waals surface area contributed by atoms with Crippen molar-refractivity contribution in [3.8, 4) is 5.88 Å². The molecule has 0 bridgehead atoms. The molecule has 6 nitrogen and oxygen atoms in total. The second kappa shape index (κ2) is 7.09. The molecule has 0 unspecified atom stereocenters. The van der Waals surface area contributed by atoms with Gasteiger partial charge in [-0.15, -0.1) is 0 Å². The summed E-state index contributed by atoms with van der Waals surface area (Å²) in [6.07, 6.45) is 3.29. The molecular formula is C16H21N5O. The molecule has 116 valence electrons. The molecule has 0 amide bonds. The monoisotopic (exact) mass is 299 g/mol. The van der Waals surface area contributed by atoms with Gasteiger partial charge in [-0.25, -0.2) is 0 Å². The smallest absolute Gasteiger partial charge is 0.233 e. The average molecular weight is 299 g/mol. The molecule has 0 atom stereocenters. The molecule has 0 saturated carbocycles. The van der Waals surface area contributed by atoms with Crippen molar-refractivity contribution in [3.63, 3.8) is 0 Å². The average Bonchev–Trinajstić information content (AvgIpc) is 2.61. The predicted molar refractivity (Wildman–Crippen MR) is 87.4 cm³/mol. The Hall–Kier alpha value is -2.34. The number of anilines is 2. The summed E-state index contributed by atoms with van der Waals surface area (Å²) in [4.78, 5) is 10.8. The molecule has 1 aliphatic rings. The van der Waals surface area contributed by atoms with Crippen LogP contribution in [0.1, 0.15) is 5.56 Å². The molecule has 2 aromatic rings. The lowest BCUT2D eigenvalue weighted by Crippen LogP contribution is -2.43. The largest absolute Gasteiger partial charge is 0.480 e. The van der Waals surface area contributed by atoms with Crippen LogP contribution in [0.5, 0.6) is 5.88 Å². The van der Waals surface area contributed by atoms with E-state index in [1.54, 1.807) is 19.5 Å². The van der Waals surface area contributed by atoms with Gasteiger partial charge in [-0.2, -0.15) is 4.98 Å². The van der Waals surface area contributed by atoms with E-state index in [1.165, 1.54) is 11.3 Å². The summed E-state index contributed by atoms with van der Waals surface area (Å²) >= 11 is 0. The Kier molecular flexibility index (Phi) is 4.70. The molecular weight excluding hydrogens is 278 g/mol. The van der Waals surface area contributed by atoms with E-state index in [0.717, 1.165) is 26.2 Å². The van der Waals surface area contributed by atoms with Crippen molar-refractivity contribution < 1.29 is 4.74 Å². The Morgan fingerprint density at radius 2 is 2.14 bits per heavy atom. The molecule has 3 rings (SSSR count). The zero-order valence-corrected chi connectivity index (χ0v) is 12.7. The number of piperazine rings is 1. The summed E-state index contributed by atoms with van der Waals surface area (Å²) in [7, 11) is 1.59. The van der Waals surface area contributed by atoms with Gasteiger partial charge in [-0.3, -0.25) is 4.98 Å². The number of methoxy groups -OCH3 is 1. The van der Waals surface area contributed by atoms with Crippen molar-refractivity contribution in [3.05, 3.63) is 42.2 Å². The maximum Gasteiger partial charge on any atom is 0.233 e. The van der Waals surface area contributed by atoms with E-state index in [2.05, 4.69) is 49.8 Å². The summed E-state index contributed by atoms with van der Waals surface area (Å²) in [6.45, 7) is 4.90. The fourth-order valence-corrected chi connectivity index (χ4v) is 2.51. The summed E-state index contributed by atoms with van der Waals surface area (Å²) in [5.41, 5.74) is 2.50. The highest BCUT2D eigenvalue weighted by molar-refractivity contribution is 5.49. The van der Waals surface area contributed by atoms with Gasteiger partial charge < -0.3 is 20.3 Å². The van der Waals surface area contributed by atoms with Crippen LogP contribution < -0.4 is 20.3 Å². The molecule has 1 fully saturated rings. The van der Waals surface area contributed by atoms with Crippen LogP contribution in [-0.4, -0.2) is 43.3 Å². The van der Waals surface area contributed by atoms with Crippen molar-refractivity contribution in [1.29, 1.82) is 0 Å². The van der Waals surface area contributed by atoms with E-state index in [1.807, 2.05) is 0 Å².